The topological polar surface area (TPSA) is 30.5 Å². The van der Waals surface area contributed by atoms with Crippen LogP contribution in [0, 0.1) is 0 Å². The van der Waals surface area contributed by atoms with Crippen LogP contribution in [0.3, 0.4) is 0 Å². The van der Waals surface area contributed by atoms with E-state index in [1.54, 1.807) is 7.11 Å². The molecule has 0 aliphatic rings. The van der Waals surface area contributed by atoms with E-state index in [1.165, 1.54) is 0 Å². The predicted octanol–water partition coefficient (Wildman–Crippen LogP) is 4.25. The minimum atomic E-state index is 0.682. The molecule has 0 bridgehead atoms. The molecule has 0 unspecified atom stereocenters. The monoisotopic (exact) mass is 291 g/mol. The molecule has 0 aliphatic carbocycles. The summed E-state index contributed by atoms with van der Waals surface area (Å²) in [6.07, 6.45) is 0. The Kier molecular flexibility index (Phi) is 5.27. The molecular weight excluding hydrogens is 274 g/mol. The van der Waals surface area contributed by atoms with Gasteiger partial charge < -0.3 is 14.8 Å². The molecule has 2 rings (SSSR count). The van der Waals surface area contributed by atoms with Crippen LogP contribution in [0.4, 0.5) is 0 Å². The Balaban J connectivity index is 2.20. The van der Waals surface area contributed by atoms with Crippen LogP contribution in [0.2, 0.25) is 5.02 Å². The summed E-state index contributed by atoms with van der Waals surface area (Å²) >= 11 is 6.24. The van der Waals surface area contributed by atoms with Gasteiger partial charge in [0.15, 0.2) is 0 Å². The number of hydrogen-bond acceptors (Lipinski definition) is 3. The molecule has 0 fully saturated rings. The van der Waals surface area contributed by atoms with Crippen LogP contribution in [-0.2, 0) is 6.54 Å². The second kappa shape index (κ2) is 7.17. The highest BCUT2D eigenvalue weighted by molar-refractivity contribution is 6.31. The lowest BCUT2D eigenvalue weighted by Crippen LogP contribution is -2.12. The maximum atomic E-state index is 6.24. The maximum absolute atomic E-state index is 6.24. The fourth-order valence-corrected chi connectivity index (χ4v) is 2.06. The number of halogens is 1. The quantitative estimate of drug-likeness (QED) is 0.863. The van der Waals surface area contributed by atoms with Gasteiger partial charge in [0, 0.05) is 17.1 Å². The first-order valence-corrected chi connectivity index (χ1v) is 6.92. The Bertz CT molecular complexity index is 555. The van der Waals surface area contributed by atoms with Crippen LogP contribution in [0.15, 0.2) is 42.5 Å². The molecule has 3 nitrogen and oxygen atoms in total. The molecule has 1 N–H and O–H groups in total. The molecule has 0 atom stereocenters. The molecule has 0 heterocycles. The zero-order valence-corrected chi connectivity index (χ0v) is 12.4. The average molecular weight is 292 g/mol. The summed E-state index contributed by atoms with van der Waals surface area (Å²) in [6.45, 7) is 3.62. The van der Waals surface area contributed by atoms with Gasteiger partial charge in [-0.1, -0.05) is 24.6 Å². The van der Waals surface area contributed by atoms with Crippen LogP contribution in [-0.4, -0.2) is 13.7 Å². The van der Waals surface area contributed by atoms with Gasteiger partial charge in [-0.15, -0.1) is 0 Å². The highest BCUT2D eigenvalue weighted by atomic mass is 35.5. The van der Waals surface area contributed by atoms with Crippen molar-refractivity contribution in [3.8, 4) is 17.2 Å². The summed E-state index contributed by atoms with van der Waals surface area (Å²) < 4.78 is 11.0. The molecule has 0 aliphatic heterocycles. The van der Waals surface area contributed by atoms with Crippen molar-refractivity contribution in [1.29, 1.82) is 0 Å². The van der Waals surface area contributed by atoms with Crippen LogP contribution in [0.25, 0.3) is 0 Å². The van der Waals surface area contributed by atoms with E-state index in [0.29, 0.717) is 11.6 Å². The fraction of sp³-hybridized carbons (Fsp3) is 0.250. The van der Waals surface area contributed by atoms with E-state index in [0.717, 1.165) is 29.4 Å². The second-order valence-corrected chi connectivity index (χ2v) is 4.68. The Labute approximate surface area is 124 Å². The van der Waals surface area contributed by atoms with Gasteiger partial charge in [0.05, 0.1) is 7.11 Å². The SMILES string of the molecule is CCNCc1c(Cl)cccc1Oc1ccc(OC)cc1. The highest BCUT2D eigenvalue weighted by Crippen LogP contribution is 2.31. The first kappa shape index (κ1) is 14.7. The van der Waals surface area contributed by atoms with Crippen molar-refractivity contribution in [1.82, 2.24) is 5.32 Å². The lowest BCUT2D eigenvalue weighted by Gasteiger charge is -2.13. The molecule has 0 saturated heterocycles. The molecule has 4 heteroatoms. The highest BCUT2D eigenvalue weighted by Gasteiger charge is 2.08. The standard InChI is InChI=1S/C16H18ClNO2/c1-3-18-11-14-15(17)5-4-6-16(14)20-13-9-7-12(19-2)8-10-13/h4-10,18H,3,11H2,1-2H3. The van der Waals surface area contributed by atoms with E-state index in [-0.39, 0.29) is 0 Å². The first-order valence-electron chi connectivity index (χ1n) is 6.54. The molecule has 20 heavy (non-hydrogen) atoms. The summed E-state index contributed by atoms with van der Waals surface area (Å²) in [4.78, 5) is 0. The lowest BCUT2D eigenvalue weighted by molar-refractivity contribution is 0.412. The normalized spacial score (nSPS) is 10.3. The molecule has 2 aromatic carbocycles. The van der Waals surface area contributed by atoms with Crippen molar-refractivity contribution < 1.29 is 9.47 Å². The summed E-state index contributed by atoms with van der Waals surface area (Å²) in [7, 11) is 1.64. The van der Waals surface area contributed by atoms with Gasteiger partial charge in [0.2, 0.25) is 0 Å². The summed E-state index contributed by atoms with van der Waals surface area (Å²) in [5.74, 6) is 2.32. The molecule has 0 saturated carbocycles. The van der Waals surface area contributed by atoms with Gasteiger partial charge in [-0.05, 0) is 42.9 Å². The van der Waals surface area contributed by atoms with E-state index in [4.69, 9.17) is 21.1 Å². The van der Waals surface area contributed by atoms with Crippen LogP contribution in [0.1, 0.15) is 12.5 Å². The third-order valence-electron chi connectivity index (χ3n) is 2.91. The molecule has 106 valence electrons. The van der Waals surface area contributed by atoms with Crippen molar-refractivity contribution >= 4 is 11.6 Å². The lowest BCUT2D eigenvalue weighted by atomic mass is 10.2. The van der Waals surface area contributed by atoms with Crippen LogP contribution < -0.4 is 14.8 Å². The van der Waals surface area contributed by atoms with Gasteiger partial charge in [-0.25, -0.2) is 0 Å². The predicted molar refractivity (Wildman–Crippen MR) is 81.9 cm³/mol. The van der Waals surface area contributed by atoms with E-state index in [2.05, 4.69) is 12.2 Å². The van der Waals surface area contributed by atoms with Crippen molar-refractivity contribution in [2.45, 2.75) is 13.5 Å². The number of methoxy groups -OCH3 is 1. The zero-order chi connectivity index (χ0) is 14.4. The number of hydrogen-bond donors (Lipinski definition) is 1. The third kappa shape index (κ3) is 3.65. The molecule has 0 radical (unpaired) electrons. The summed E-state index contributed by atoms with van der Waals surface area (Å²) in [5.41, 5.74) is 0.965. The van der Waals surface area contributed by atoms with E-state index < -0.39 is 0 Å². The van der Waals surface area contributed by atoms with E-state index >= 15 is 0 Å². The maximum Gasteiger partial charge on any atom is 0.133 e. The van der Waals surface area contributed by atoms with E-state index in [1.807, 2.05) is 42.5 Å². The zero-order valence-electron chi connectivity index (χ0n) is 11.7. The number of ether oxygens (including phenoxy) is 2. The molecule has 0 amide bonds. The summed E-state index contributed by atoms with van der Waals surface area (Å²) in [6, 6.07) is 13.1. The van der Waals surface area contributed by atoms with Crippen LogP contribution in [0.5, 0.6) is 17.2 Å². The van der Waals surface area contributed by atoms with E-state index in [9.17, 15) is 0 Å². The first-order chi connectivity index (χ1) is 9.74. The Morgan fingerprint density at radius 1 is 1.05 bits per heavy atom. The Morgan fingerprint density at radius 2 is 1.75 bits per heavy atom. The molecule has 2 aromatic rings. The molecular formula is C16H18ClNO2. The van der Waals surface area contributed by atoms with Crippen molar-refractivity contribution in [3.63, 3.8) is 0 Å². The van der Waals surface area contributed by atoms with Gasteiger partial charge in [0.1, 0.15) is 17.2 Å². The minimum absolute atomic E-state index is 0.682. The van der Waals surface area contributed by atoms with Crippen LogP contribution >= 0.6 is 11.6 Å². The number of nitrogens with one attached hydrogen (secondary N) is 1. The minimum Gasteiger partial charge on any atom is -0.497 e. The number of benzene rings is 2. The fourth-order valence-electron chi connectivity index (χ4n) is 1.83. The largest absolute Gasteiger partial charge is 0.497 e. The van der Waals surface area contributed by atoms with Crippen molar-refractivity contribution in [2.75, 3.05) is 13.7 Å². The summed E-state index contributed by atoms with van der Waals surface area (Å²) in [5, 5.41) is 3.97. The molecule has 0 aromatic heterocycles. The van der Waals surface area contributed by atoms with Crippen molar-refractivity contribution in [2.24, 2.45) is 0 Å². The molecule has 0 spiro atoms. The Morgan fingerprint density at radius 3 is 2.40 bits per heavy atom. The Hall–Kier alpha value is -1.71. The van der Waals surface area contributed by atoms with Gasteiger partial charge in [-0.2, -0.15) is 0 Å². The van der Waals surface area contributed by atoms with Crippen molar-refractivity contribution in [3.05, 3.63) is 53.1 Å². The van der Waals surface area contributed by atoms with Gasteiger partial charge in [0.25, 0.3) is 0 Å². The second-order valence-electron chi connectivity index (χ2n) is 4.27. The third-order valence-corrected chi connectivity index (χ3v) is 3.27. The number of rotatable bonds is 6. The average Bonchev–Trinajstić information content (AvgIpc) is 2.47. The smallest absolute Gasteiger partial charge is 0.133 e. The van der Waals surface area contributed by atoms with Gasteiger partial charge in [-0.3, -0.25) is 0 Å². The van der Waals surface area contributed by atoms with Gasteiger partial charge >= 0.3 is 0 Å².